The molecule has 0 N–H and O–H groups in total. The summed E-state index contributed by atoms with van der Waals surface area (Å²) in [4.78, 5) is 26.1. The highest BCUT2D eigenvalue weighted by molar-refractivity contribution is 6.91. The van der Waals surface area contributed by atoms with Gasteiger partial charge in [0.05, 0.1) is 25.0 Å². The fourth-order valence-electron chi connectivity index (χ4n) is 4.84. The van der Waals surface area contributed by atoms with Crippen molar-refractivity contribution in [3.63, 3.8) is 0 Å². The monoisotopic (exact) mass is 818 g/mol. The van der Waals surface area contributed by atoms with E-state index in [1.807, 2.05) is 0 Å². The van der Waals surface area contributed by atoms with Crippen LogP contribution in [0.4, 0.5) is 0 Å². The predicted octanol–water partition coefficient (Wildman–Crippen LogP) is 9.26. The van der Waals surface area contributed by atoms with Crippen molar-refractivity contribution in [1.29, 1.82) is 0 Å². The highest BCUT2D eigenvalue weighted by Crippen LogP contribution is 2.32. The normalized spacial score (nSPS) is 14.7. The molecule has 286 valence electrons. The Balaban J connectivity index is 5.39. The van der Waals surface area contributed by atoms with Crippen LogP contribution in [-0.2, 0) is 43.8 Å². The van der Waals surface area contributed by atoms with Crippen LogP contribution in [0.3, 0.4) is 0 Å². The Morgan fingerprint density at radius 1 is 0.438 bits per heavy atom. The lowest BCUT2D eigenvalue weighted by atomic mass is 9.89. The van der Waals surface area contributed by atoms with Crippen molar-refractivity contribution in [3.8, 4) is 0 Å². The molecule has 0 aliphatic carbocycles. The van der Waals surface area contributed by atoms with E-state index in [9.17, 15) is 9.59 Å². The first-order valence-electron chi connectivity index (χ1n) is 17.5. The standard InChI is InChI=1S/C30H74O10Si8/c1-30(2,29(32)34-24-22-26-48(38-44(12,13)14,39-45(15,16)17)40-46(18,19)20)27-28(31)33-23-21-25-47(35-41(3,4)5,36-42(6,7)8)37-43(9,10)11/h21-27H2,1-20H3. The third-order valence-electron chi connectivity index (χ3n) is 5.66. The van der Waals surface area contributed by atoms with Crippen LogP contribution in [0.1, 0.15) is 33.1 Å². The van der Waals surface area contributed by atoms with Crippen molar-refractivity contribution in [2.75, 3.05) is 13.2 Å². The minimum atomic E-state index is -3.02. The summed E-state index contributed by atoms with van der Waals surface area (Å²) in [7, 11) is -18.0. The molecule has 0 aromatic carbocycles. The molecule has 0 saturated heterocycles. The van der Waals surface area contributed by atoms with Gasteiger partial charge in [0, 0.05) is 12.1 Å². The van der Waals surface area contributed by atoms with E-state index in [4.69, 9.17) is 34.2 Å². The summed E-state index contributed by atoms with van der Waals surface area (Å²) in [5, 5.41) is 0. The van der Waals surface area contributed by atoms with Gasteiger partial charge < -0.3 is 34.2 Å². The third-order valence-corrected chi connectivity index (χ3v) is 29.8. The van der Waals surface area contributed by atoms with Crippen LogP contribution in [0.15, 0.2) is 0 Å². The van der Waals surface area contributed by atoms with Crippen LogP contribution in [0, 0.1) is 5.41 Å². The number of carbonyl (C=O) groups excluding carboxylic acids is 2. The lowest BCUT2D eigenvalue weighted by Gasteiger charge is -2.43. The highest BCUT2D eigenvalue weighted by Gasteiger charge is 2.51. The maximum Gasteiger partial charge on any atom is 0.469 e. The van der Waals surface area contributed by atoms with E-state index in [0.29, 0.717) is 24.9 Å². The molecule has 0 spiro atoms. The quantitative estimate of drug-likeness (QED) is 0.0563. The average Bonchev–Trinajstić information content (AvgIpc) is 2.71. The van der Waals surface area contributed by atoms with Gasteiger partial charge in [-0.3, -0.25) is 9.59 Å². The Hall–Kier alpha value is 0.435. The van der Waals surface area contributed by atoms with Crippen LogP contribution in [0.25, 0.3) is 0 Å². The molecule has 0 saturated carbocycles. The number of carbonyl (C=O) groups is 2. The molecular formula is C30H74O10Si8. The molecule has 48 heavy (non-hydrogen) atoms. The molecule has 0 radical (unpaired) electrons. The number of hydrogen-bond acceptors (Lipinski definition) is 10. The Morgan fingerprint density at radius 3 is 0.938 bits per heavy atom. The van der Waals surface area contributed by atoms with Crippen LogP contribution in [0.5, 0.6) is 0 Å². The molecule has 0 aromatic heterocycles. The van der Waals surface area contributed by atoms with Gasteiger partial charge in [-0.15, -0.1) is 0 Å². The zero-order valence-corrected chi connectivity index (χ0v) is 42.5. The van der Waals surface area contributed by atoms with Gasteiger partial charge in [0.25, 0.3) is 0 Å². The molecular weight excluding hydrogens is 745 g/mol. The van der Waals surface area contributed by atoms with E-state index in [1.54, 1.807) is 13.8 Å². The molecule has 0 heterocycles. The van der Waals surface area contributed by atoms with Gasteiger partial charge in [-0.2, -0.15) is 0 Å². The van der Waals surface area contributed by atoms with Crippen molar-refractivity contribution in [2.45, 2.75) is 163 Å². The zero-order chi connectivity index (χ0) is 38.3. The van der Waals surface area contributed by atoms with Gasteiger partial charge in [-0.25, -0.2) is 0 Å². The van der Waals surface area contributed by atoms with Gasteiger partial charge in [-0.05, 0) is 145 Å². The van der Waals surface area contributed by atoms with Gasteiger partial charge in [-0.1, -0.05) is 0 Å². The molecule has 0 rings (SSSR count). The third kappa shape index (κ3) is 23.8. The van der Waals surface area contributed by atoms with E-state index in [0.717, 1.165) is 0 Å². The summed E-state index contributed by atoms with van der Waals surface area (Å²) in [6.07, 6.45) is 1.04. The average molecular weight is 820 g/mol. The lowest BCUT2D eigenvalue weighted by molar-refractivity contribution is -0.160. The molecule has 0 fully saturated rings. The summed E-state index contributed by atoms with van der Waals surface area (Å²) >= 11 is 0. The van der Waals surface area contributed by atoms with E-state index in [2.05, 4.69) is 118 Å². The molecule has 0 aliphatic heterocycles. The van der Waals surface area contributed by atoms with E-state index < -0.39 is 84.9 Å². The van der Waals surface area contributed by atoms with Crippen LogP contribution >= 0.6 is 0 Å². The van der Waals surface area contributed by atoms with Crippen molar-refractivity contribution in [3.05, 3.63) is 0 Å². The summed E-state index contributed by atoms with van der Waals surface area (Å²) < 4.78 is 51.7. The zero-order valence-electron chi connectivity index (χ0n) is 34.5. The lowest BCUT2D eigenvalue weighted by Crippen LogP contribution is -2.60. The summed E-state index contributed by atoms with van der Waals surface area (Å²) in [6, 6.07) is 1.16. The topological polar surface area (TPSA) is 108 Å². The van der Waals surface area contributed by atoms with Crippen LogP contribution in [-0.4, -0.2) is 92.7 Å². The highest BCUT2D eigenvalue weighted by atomic mass is 28.5. The second-order valence-corrected chi connectivity index (χ2v) is 53.3. The SMILES string of the molecule is CC(C)(CC(=O)OCCC[Si](O[Si](C)(C)C)(O[Si](C)(C)C)O[Si](C)(C)C)C(=O)OCCC[Si](O[Si](C)(C)C)(O[Si](C)(C)C)O[Si](C)(C)C. The van der Waals surface area contributed by atoms with Gasteiger partial charge in [0.1, 0.15) is 0 Å². The minimum absolute atomic E-state index is 0.0779. The number of hydrogen-bond donors (Lipinski definition) is 0. The van der Waals surface area contributed by atoms with Crippen molar-refractivity contribution < 1.29 is 43.8 Å². The first-order valence-corrected chi connectivity index (χ1v) is 41.8. The molecule has 0 atom stereocenters. The Morgan fingerprint density at radius 2 is 0.688 bits per heavy atom. The second-order valence-electron chi connectivity index (χ2n) is 19.3. The molecule has 0 unspecified atom stereocenters. The first-order chi connectivity index (χ1) is 21.0. The molecule has 0 amide bonds. The Labute approximate surface area is 303 Å². The van der Waals surface area contributed by atoms with Crippen LogP contribution < -0.4 is 0 Å². The van der Waals surface area contributed by atoms with Crippen molar-refractivity contribution in [2.24, 2.45) is 5.41 Å². The summed E-state index contributed by atoms with van der Waals surface area (Å²) in [5.41, 5.74) is -1.04. The molecule has 0 aliphatic rings. The fourth-order valence-corrected chi connectivity index (χ4v) is 34.1. The minimum Gasteiger partial charge on any atom is -0.466 e. The summed E-state index contributed by atoms with van der Waals surface area (Å²) in [5.74, 6) is -0.869. The smallest absolute Gasteiger partial charge is 0.466 e. The van der Waals surface area contributed by atoms with E-state index >= 15 is 0 Å². The predicted molar refractivity (Wildman–Crippen MR) is 217 cm³/mol. The number of rotatable bonds is 23. The summed E-state index contributed by atoms with van der Waals surface area (Å²) in [6.45, 7) is 42.6. The Bertz CT molecular complexity index is 936. The Kier molecular flexibility index (Phi) is 18.1. The van der Waals surface area contributed by atoms with Crippen LogP contribution in [0.2, 0.25) is 130 Å². The van der Waals surface area contributed by atoms with Gasteiger partial charge in [0.2, 0.25) is 0 Å². The van der Waals surface area contributed by atoms with Gasteiger partial charge >= 0.3 is 29.5 Å². The largest absolute Gasteiger partial charge is 0.469 e. The fraction of sp³-hybridized carbons (Fsp3) is 0.933. The molecule has 18 heteroatoms. The maximum absolute atomic E-state index is 13.1. The van der Waals surface area contributed by atoms with Gasteiger partial charge in [0.15, 0.2) is 49.9 Å². The number of ether oxygens (including phenoxy) is 2. The molecule has 10 nitrogen and oxygen atoms in total. The van der Waals surface area contributed by atoms with E-state index in [1.165, 1.54) is 0 Å². The second kappa shape index (κ2) is 18.0. The molecule has 0 aromatic rings. The maximum atomic E-state index is 13.1. The van der Waals surface area contributed by atoms with Crippen molar-refractivity contribution in [1.82, 2.24) is 0 Å². The molecule has 0 bridgehead atoms. The first kappa shape index (κ1) is 48.4. The van der Waals surface area contributed by atoms with Crippen molar-refractivity contribution >= 4 is 79.5 Å². The number of esters is 2. The van der Waals surface area contributed by atoms with E-state index in [-0.39, 0.29) is 19.6 Å².